The molecule has 3 unspecified atom stereocenters. The van der Waals surface area contributed by atoms with Gasteiger partial charge >= 0.3 is 5.97 Å². The number of unbranched alkanes of at least 4 members (excludes halogenated alkanes) is 1. The number of likely N-dealkylation sites (N-methyl/N-ethyl adjacent to an activating group) is 2. The van der Waals surface area contributed by atoms with Crippen LogP contribution >= 0.6 is 0 Å². The van der Waals surface area contributed by atoms with Gasteiger partial charge in [0.1, 0.15) is 6.04 Å². The van der Waals surface area contributed by atoms with Gasteiger partial charge in [0.2, 0.25) is 0 Å². The number of fused-ring (bicyclic) bond motifs is 3. The number of carbonyl (C=O) groups is 1. The zero-order valence-electron chi connectivity index (χ0n) is 16.6. The molecule has 2 heterocycles. The largest absolute Gasteiger partial charge is 0.465 e. The molecule has 146 valence electrons. The molecule has 0 aromatic carbocycles. The normalized spacial score (nSPS) is 30.8. The fraction of sp³-hybridized carbons (Fsp3) is 0.947. The van der Waals surface area contributed by atoms with Gasteiger partial charge in [-0.1, -0.05) is 13.3 Å². The Kier molecular flexibility index (Phi) is 9.17. The summed E-state index contributed by atoms with van der Waals surface area (Å²) in [5.74, 6) is -0.0197. The predicted octanol–water partition coefficient (Wildman–Crippen LogP) is 0.973. The van der Waals surface area contributed by atoms with E-state index in [1.54, 1.807) is 0 Å². The lowest BCUT2D eigenvalue weighted by Crippen LogP contribution is -2.52. The quantitative estimate of drug-likeness (QED) is 0.553. The summed E-state index contributed by atoms with van der Waals surface area (Å²) in [6.07, 6.45) is 4.10. The lowest BCUT2D eigenvalue weighted by Gasteiger charge is -2.37. The van der Waals surface area contributed by atoms with Crippen molar-refractivity contribution in [3.8, 4) is 0 Å². The topological polar surface area (TPSA) is 39.3 Å². The first kappa shape index (κ1) is 20.6. The molecule has 0 N–H and O–H groups in total. The summed E-state index contributed by atoms with van der Waals surface area (Å²) >= 11 is 0. The smallest absolute Gasteiger partial charge is 0.323 e. The molecule has 2 bridgehead atoms. The number of rotatable bonds is 4. The zero-order valence-corrected chi connectivity index (χ0v) is 16.6. The lowest BCUT2D eigenvalue weighted by atomic mass is 10.1. The van der Waals surface area contributed by atoms with Crippen molar-refractivity contribution < 1.29 is 9.53 Å². The second-order valence-electron chi connectivity index (χ2n) is 7.66. The fourth-order valence-corrected chi connectivity index (χ4v) is 3.63. The van der Waals surface area contributed by atoms with Crippen LogP contribution in [0.1, 0.15) is 32.6 Å². The Balaban J connectivity index is 2.08. The molecule has 3 atom stereocenters. The van der Waals surface area contributed by atoms with Crippen molar-refractivity contribution >= 4 is 5.97 Å². The maximum atomic E-state index is 12.8. The number of carbonyl (C=O) groups excluding carboxylic acids is 1. The van der Waals surface area contributed by atoms with E-state index in [1.165, 1.54) is 6.42 Å². The van der Waals surface area contributed by atoms with Crippen LogP contribution in [0.15, 0.2) is 0 Å². The average Bonchev–Trinajstić information content (AvgIpc) is 2.60. The fourth-order valence-electron chi connectivity index (χ4n) is 3.63. The van der Waals surface area contributed by atoms with Crippen molar-refractivity contribution in [2.75, 3.05) is 79.6 Å². The van der Waals surface area contributed by atoms with Crippen LogP contribution in [0.5, 0.6) is 0 Å². The Morgan fingerprint density at radius 3 is 2.40 bits per heavy atom. The summed E-state index contributed by atoms with van der Waals surface area (Å²) in [4.78, 5) is 22.5. The molecule has 0 saturated carbocycles. The highest BCUT2D eigenvalue weighted by Crippen LogP contribution is 2.12. The molecule has 2 rings (SSSR count). The van der Waals surface area contributed by atoms with Crippen molar-refractivity contribution in [1.82, 2.24) is 19.6 Å². The molecule has 0 radical (unpaired) electrons. The van der Waals surface area contributed by atoms with Gasteiger partial charge in [-0.3, -0.25) is 9.69 Å². The maximum absolute atomic E-state index is 12.8. The summed E-state index contributed by atoms with van der Waals surface area (Å²) in [6.45, 7) is 12.1. The number of nitrogens with zero attached hydrogens (tertiary/aromatic N) is 4. The standard InChI is InChI=1S/C19H38N4O2/c1-4-5-17-25-19(24)18-7-10-21(3)11-13-22-9-6-8-20(2)12-15-23(18)16-14-22/h18H,4-17H2,1-3H3. The van der Waals surface area contributed by atoms with Gasteiger partial charge in [-0.2, -0.15) is 0 Å². The minimum absolute atomic E-state index is 0.0197. The van der Waals surface area contributed by atoms with E-state index in [2.05, 4.69) is 40.6 Å². The van der Waals surface area contributed by atoms with Gasteiger partial charge in [0.05, 0.1) is 6.61 Å². The van der Waals surface area contributed by atoms with E-state index in [1.807, 2.05) is 0 Å². The predicted molar refractivity (Wildman–Crippen MR) is 102 cm³/mol. The number of esters is 1. The molecule has 2 saturated heterocycles. The number of ether oxygens (including phenoxy) is 1. The Bertz CT molecular complexity index is 394. The highest BCUT2D eigenvalue weighted by molar-refractivity contribution is 5.75. The molecule has 0 aromatic heterocycles. The Morgan fingerprint density at radius 1 is 0.920 bits per heavy atom. The maximum Gasteiger partial charge on any atom is 0.323 e. The third-order valence-corrected chi connectivity index (χ3v) is 5.52. The second kappa shape index (κ2) is 11.1. The summed E-state index contributed by atoms with van der Waals surface area (Å²) in [7, 11) is 4.36. The van der Waals surface area contributed by atoms with E-state index >= 15 is 0 Å². The Hall–Kier alpha value is -0.690. The van der Waals surface area contributed by atoms with Gasteiger partial charge in [0.15, 0.2) is 0 Å². The molecule has 6 nitrogen and oxygen atoms in total. The van der Waals surface area contributed by atoms with Crippen LogP contribution in [-0.2, 0) is 9.53 Å². The summed E-state index contributed by atoms with van der Waals surface area (Å²) in [5.41, 5.74) is 0. The van der Waals surface area contributed by atoms with Gasteiger partial charge in [-0.25, -0.2) is 0 Å². The van der Waals surface area contributed by atoms with E-state index in [-0.39, 0.29) is 12.0 Å². The van der Waals surface area contributed by atoms with E-state index < -0.39 is 0 Å². The van der Waals surface area contributed by atoms with Gasteiger partial charge in [0.25, 0.3) is 0 Å². The van der Waals surface area contributed by atoms with E-state index in [0.29, 0.717) is 6.61 Å². The number of hydrogen-bond donors (Lipinski definition) is 0. The van der Waals surface area contributed by atoms with Gasteiger partial charge in [-0.05, 0) is 53.0 Å². The Labute approximate surface area is 154 Å². The first-order chi connectivity index (χ1) is 12.1. The first-order valence-corrected chi connectivity index (χ1v) is 10.1. The van der Waals surface area contributed by atoms with Crippen molar-refractivity contribution in [1.29, 1.82) is 0 Å². The highest BCUT2D eigenvalue weighted by atomic mass is 16.5. The van der Waals surface area contributed by atoms with Gasteiger partial charge < -0.3 is 19.4 Å². The molecule has 0 aromatic rings. The molecule has 0 aliphatic carbocycles. The van der Waals surface area contributed by atoms with Crippen LogP contribution in [0, 0.1) is 0 Å². The van der Waals surface area contributed by atoms with Crippen LogP contribution in [0.3, 0.4) is 0 Å². The van der Waals surface area contributed by atoms with Crippen molar-refractivity contribution in [3.63, 3.8) is 0 Å². The third kappa shape index (κ3) is 7.21. The monoisotopic (exact) mass is 354 g/mol. The van der Waals surface area contributed by atoms with E-state index in [0.717, 1.165) is 78.2 Å². The van der Waals surface area contributed by atoms with Crippen LogP contribution in [0.25, 0.3) is 0 Å². The highest BCUT2D eigenvalue weighted by Gasteiger charge is 2.29. The summed E-state index contributed by atoms with van der Waals surface area (Å²) in [5, 5.41) is 0. The van der Waals surface area contributed by atoms with Crippen molar-refractivity contribution in [2.45, 2.75) is 38.6 Å². The van der Waals surface area contributed by atoms with Crippen LogP contribution in [-0.4, -0.2) is 111 Å². The molecular formula is C19H38N4O2. The third-order valence-electron chi connectivity index (χ3n) is 5.52. The van der Waals surface area contributed by atoms with E-state index in [9.17, 15) is 4.79 Å². The minimum atomic E-state index is -0.105. The van der Waals surface area contributed by atoms with Crippen molar-refractivity contribution in [2.24, 2.45) is 0 Å². The minimum Gasteiger partial charge on any atom is -0.465 e. The molecule has 2 aliphatic heterocycles. The van der Waals surface area contributed by atoms with Crippen molar-refractivity contribution in [3.05, 3.63) is 0 Å². The van der Waals surface area contributed by atoms with E-state index in [4.69, 9.17) is 4.74 Å². The molecular weight excluding hydrogens is 316 g/mol. The van der Waals surface area contributed by atoms with Gasteiger partial charge in [-0.15, -0.1) is 0 Å². The number of hydrogen-bond acceptors (Lipinski definition) is 6. The summed E-state index contributed by atoms with van der Waals surface area (Å²) < 4.78 is 5.60. The molecule has 6 heteroatoms. The second-order valence-corrected chi connectivity index (χ2v) is 7.66. The average molecular weight is 355 g/mol. The molecule has 25 heavy (non-hydrogen) atoms. The SMILES string of the molecule is CCCCOC(=O)C1CCN(C)CCN2CCCN(C)CCN1CC2. The first-order valence-electron chi connectivity index (χ1n) is 10.1. The molecule has 2 fully saturated rings. The van der Waals surface area contributed by atoms with Crippen LogP contribution in [0.4, 0.5) is 0 Å². The van der Waals surface area contributed by atoms with Crippen LogP contribution in [0.2, 0.25) is 0 Å². The van der Waals surface area contributed by atoms with Gasteiger partial charge in [0, 0.05) is 39.3 Å². The molecule has 2 aliphatic rings. The lowest BCUT2D eigenvalue weighted by molar-refractivity contribution is -0.151. The molecule has 0 spiro atoms. The summed E-state index contributed by atoms with van der Waals surface area (Å²) in [6, 6.07) is -0.105. The van der Waals surface area contributed by atoms with Crippen LogP contribution < -0.4 is 0 Å². The Morgan fingerprint density at radius 2 is 1.60 bits per heavy atom. The zero-order chi connectivity index (χ0) is 18.1. The molecule has 0 amide bonds.